The largest absolute Gasteiger partial charge is 0.297 e. The van der Waals surface area contributed by atoms with Gasteiger partial charge in [-0.1, -0.05) is 35.9 Å². The van der Waals surface area contributed by atoms with Gasteiger partial charge >= 0.3 is 0 Å². The van der Waals surface area contributed by atoms with Crippen LogP contribution in [0, 0.1) is 5.82 Å². The molecule has 0 spiro atoms. The van der Waals surface area contributed by atoms with Crippen molar-refractivity contribution < 1.29 is 9.18 Å². The molecule has 1 heterocycles. The monoisotopic (exact) mass is 349 g/mol. The first-order chi connectivity index (χ1) is 11.1. The van der Waals surface area contributed by atoms with Crippen LogP contribution in [0.1, 0.15) is 21.5 Å². The van der Waals surface area contributed by atoms with Crippen LogP contribution in [0.15, 0.2) is 42.5 Å². The first-order valence-electron chi connectivity index (χ1n) is 7.52. The first kappa shape index (κ1) is 16.5. The quantitative estimate of drug-likeness (QED) is 0.769. The van der Waals surface area contributed by atoms with Crippen LogP contribution in [-0.4, -0.2) is 35.3 Å². The van der Waals surface area contributed by atoms with Gasteiger partial charge in [0.2, 0.25) is 0 Å². The van der Waals surface area contributed by atoms with E-state index in [-0.39, 0.29) is 16.4 Å². The highest BCUT2D eigenvalue weighted by Crippen LogP contribution is 2.21. The first-order valence-corrected chi connectivity index (χ1v) is 9.05. The van der Waals surface area contributed by atoms with Gasteiger partial charge in [-0.05, 0) is 23.8 Å². The lowest BCUT2D eigenvalue weighted by atomic mass is 9.98. The fourth-order valence-corrected chi connectivity index (χ4v) is 3.92. The minimum Gasteiger partial charge on any atom is -0.297 e. The third-order valence-corrected chi connectivity index (χ3v) is 5.05. The molecule has 0 aliphatic carbocycles. The van der Waals surface area contributed by atoms with Crippen LogP contribution in [0.3, 0.4) is 0 Å². The molecule has 0 atom stereocenters. The Balaban J connectivity index is 1.88. The molecule has 23 heavy (non-hydrogen) atoms. The van der Waals surface area contributed by atoms with Gasteiger partial charge in [0.15, 0.2) is 5.78 Å². The number of thioether (sulfide) groups is 1. The molecule has 0 saturated carbocycles. The maximum atomic E-state index is 13.5. The van der Waals surface area contributed by atoms with Gasteiger partial charge in [0.1, 0.15) is 5.82 Å². The lowest BCUT2D eigenvalue weighted by Crippen LogP contribution is -2.32. The molecule has 2 nitrogen and oxygen atoms in total. The minimum absolute atomic E-state index is 0.187. The van der Waals surface area contributed by atoms with Gasteiger partial charge in [-0.3, -0.25) is 9.69 Å². The summed E-state index contributed by atoms with van der Waals surface area (Å²) in [5, 5.41) is 0.235. The van der Waals surface area contributed by atoms with E-state index in [1.165, 1.54) is 18.2 Å². The Morgan fingerprint density at radius 3 is 2.65 bits per heavy atom. The lowest BCUT2D eigenvalue weighted by Gasteiger charge is -2.26. The molecule has 0 bridgehead atoms. The zero-order valence-electron chi connectivity index (χ0n) is 12.6. The average Bonchev–Trinajstić information content (AvgIpc) is 2.55. The maximum absolute atomic E-state index is 13.5. The van der Waals surface area contributed by atoms with Crippen molar-refractivity contribution in [2.75, 3.05) is 24.6 Å². The molecular formula is C18H17ClFNOS. The fraction of sp³-hybridized carbons (Fsp3) is 0.278. The SMILES string of the molecule is O=C(c1cc(F)cc(Cl)c1)c1ccccc1CN1CCSCC1. The molecule has 1 aliphatic heterocycles. The molecule has 5 heteroatoms. The van der Waals surface area contributed by atoms with Crippen LogP contribution in [0.2, 0.25) is 5.02 Å². The molecule has 0 N–H and O–H groups in total. The van der Waals surface area contributed by atoms with E-state index < -0.39 is 5.82 Å². The Bertz CT molecular complexity index is 696. The number of rotatable bonds is 4. The smallest absolute Gasteiger partial charge is 0.193 e. The predicted molar refractivity (Wildman–Crippen MR) is 93.9 cm³/mol. The Hall–Kier alpha value is -1.36. The van der Waals surface area contributed by atoms with Crippen LogP contribution in [0.4, 0.5) is 4.39 Å². The number of halogens is 2. The van der Waals surface area contributed by atoms with E-state index in [9.17, 15) is 9.18 Å². The molecule has 3 rings (SSSR count). The normalized spacial score (nSPS) is 15.6. The molecule has 0 radical (unpaired) electrons. The molecule has 1 aliphatic rings. The maximum Gasteiger partial charge on any atom is 0.193 e. The lowest BCUT2D eigenvalue weighted by molar-refractivity contribution is 0.103. The van der Waals surface area contributed by atoms with Crippen molar-refractivity contribution in [3.8, 4) is 0 Å². The second kappa shape index (κ2) is 7.47. The van der Waals surface area contributed by atoms with Crippen LogP contribution in [0.25, 0.3) is 0 Å². The van der Waals surface area contributed by atoms with Gasteiger partial charge in [-0.2, -0.15) is 11.8 Å². The zero-order chi connectivity index (χ0) is 16.2. The molecule has 1 fully saturated rings. The van der Waals surface area contributed by atoms with Crippen LogP contribution in [-0.2, 0) is 6.54 Å². The molecule has 0 aromatic heterocycles. The molecule has 1 saturated heterocycles. The molecule has 0 amide bonds. The highest BCUT2D eigenvalue weighted by molar-refractivity contribution is 7.99. The van der Waals surface area contributed by atoms with Crippen molar-refractivity contribution in [3.05, 3.63) is 70.0 Å². The highest BCUT2D eigenvalue weighted by atomic mass is 35.5. The summed E-state index contributed by atoms with van der Waals surface area (Å²) in [4.78, 5) is 15.1. The van der Waals surface area contributed by atoms with Gasteiger partial charge in [0, 0.05) is 47.3 Å². The van der Waals surface area contributed by atoms with E-state index in [0.717, 1.165) is 36.7 Å². The van der Waals surface area contributed by atoms with Crippen LogP contribution in [0.5, 0.6) is 0 Å². The van der Waals surface area contributed by atoms with Crippen molar-refractivity contribution in [1.82, 2.24) is 4.90 Å². The summed E-state index contributed by atoms with van der Waals surface area (Å²) in [6, 6.07) is 11.5. The van der Waals surface area contributed by atoms with E-state index in [4.69, 9.17) is 11.6 Å². The fourth-order valence-electron chi connectivity index (χ4n) is 2.72. The topological polar surface area (TPSA) is 20.3 Å². The van der Waals surface area contributed by atoms with Crippen LogP contribution >= 0.6 is 23.4 Å². The third kappa shape index (κ3) is 4.14. The van der Waals surface area contributed by atoms with Crippen LogP contribution < -0.4 is 0 Å². The summed E-state index contributed by atoms with van der Waals surface area (Å²) in [6.07, 6.45) is 0. The number of nitrogens with zero attached hydrogens (tertiary/aromatic N) is 1. The summed E-state index contributed by atoms with van der Waals surface area (Å²) in [6.45, 7) is 2.80. The van der Waals surface area contributed by atoms with E-state index in [1.807, 2.05) is 30.0 Å². The summed E-state index contributed by atoms with van der Waals surface area (Å²) in [7, 11) is 0. The third-order valence-electron chi connectivity index (χ3n) is 3.88. The average molecular weight is 350 g/mol. The number of benzene rings is 2. The van der Waals surface area contributed by atoms with Gasteiger partial charge < -0.3 is 0 Å². The van der Waals surface area contributed by atoms with Gasteiger partial charge in [0.05, 0.1) is 0 Å². The van der Waals surface area contributed by atoms with Crippen molar-refractivity contribution in [2.45, 2.75) is 6.54 Å². The van der Waals surface area contributed by atoms with E-state index in [0.29, 0.717) is 5.56 Å². The summed E-state index contributed by atoms with van der Waals surface area (Å²) < 4.78 is 13.5. The number of carbonyl (C=O) groups excluding carboxylic acids is 1. The summed E-state index contributed by atoms with van der Waals surface area (Å²) in [5.41, 5.74) is 1.88. The van der Waals surface area contributed by atoms with Gasteiger partial charge in [0.25, 0.3) is 0 Å². The summed E-state index contributed by atoms with van der Waals surface area (Å²) in [5.74, 6) is 1.56. The standard InChI is InChI=1S/C18H17ClFNOS/c19-15-9-14(10-16(20)11-15)18(22)17-4-2-1-3-13(17)12-21-5-7-23-8-6-21/h1-4,9-11H,5-8,12H2. The van der Waals surface area contributed by atoms with E-state index in [2.05, 4.69) is 4.90 Å². The highest BCUT2D eigenvalue weighted by Gasteiger charge is 2.18. The second-order valence-corrected chi connectivity index (χ2v) is 7.19. The minimum atomic E-state index is -0.494. The summed E-state index contributed by atoms with van der Waals surface area (Å²) >= 11 is 7.83. The Morgan fingerprint density at radius 1 is 1.17 bits per heavy atom. The van der Waals surface area contributed by atoms with E-state index >= 15 is 0 Å². The number of carbonyl (C=O) groups is 1. The number of hydrogen-bond acceptors (Lipinski definition) is 3. The zero-order valence-corrected chi connectivity index (χ0v) is 14.2. The van der Waals surface area contributed by atoms with Crippen molar-refractivity contribution in [2.24, 2.45) is 0 Å². The Kier molecular flexibility index (Phi) is 5.36. The molecule has 120 valence electrons. The number of ketones is 1. The van der Waals surface area contributed by atoms with Crippen molar-refractivity contribution in [1.29, 1.82) is 0 Å². The predicted octanol–water partition coefficient (Wildman–Crippen LogP) is 4.26. The Labute approximate surface area is 144 Å². The van der Waals surface area contributed by atoms with Gasteiger partial charge in [-0.25, -0.2) is 4.39 Å². The van der Waals surface area contributed by atoms with Crippen molar-refractivity contribution >= 4 is 29.1 Å². The van der Waals surface area contributed by atoms with Crippen molar-refractivity contribution in [3.63, 3.8) is 0 Å². The van der Waals surface area contributed by atoms with E-state index in [1.54, 1.807) is 6.07 Å². The molecule has 2 aromatic carbocycles. The Morgan fingerprint density at radius 2 is 1.91 bits per heavy atom. The van der Waals surface area contributed by atoms with Gasteiger partial charge in [-0.15, -0.1) is 0 Å². The molecule has 2 aromatic rings. The second-order valence-electron chi connectivity index (χ2n) is 5.53. The molecule has 0 unspecified atom stereocenters. The number of hydrogen-bond donors (Lipinski definition) is 0. The molecular weight excluding hydrogens is 333 g/mol.